The molecule has 1 heterocycles. The molecule has 1 atom stereocenters. The Bertz CT molecular complexity index is 240. The van der Waals surface area contributed by atoms with Crippen molar-refractivity contribution in [1.82, 2.24) is 15.1 Å². The van der Waals surface area contributed by atoms with Crippen molar-refractivity contribution in [3.63, 3.8) is 0 Å². The number of nitrogens with one attached hydrogen (secondary N) is 1. The number of likely N-dealkylation sites (N-methyl/N-ethyl adjacent to an activating group) is 1. The Kier molecular flexibility index (Phi) is 6.11. The first-order chi connectivity index (χ1) is 9.20. The highest BCUT2D eigenvalue weighted by molar-refractivity contribution is 4.83. The van der Waals surface area contributed by atoms with Crippen LogP contribution in [0.3, 0.4) is 0 Å². The Morgan fingerprint density at radius 1 is 1.00 bits per heavy atom. The van der Waals surface area contributed by atoms with Gasteiger partial charge in [-0.25, -0.2) is 0 Å². The van der Waals surface area contributed by atoms with Crippen LogP contribution in [0.4, 0.5) is 0 Å². The van der Waals surface area contributed by atoms with Gasteiger partial charge in [0.2, 0.25) is 0 Å². The number of piperazine rings is 1. The molecule has 3 heteroatoms. The molecule has 2 fully saturated rings. The third-order valence-corrected chi connectivity index (χ3v) is 5.18. The number of nitrogens with zero attached hydrogens (tertiary/aromatic N) is 2. The largest absolute Gasteiger partial charge is 0.315 e. The minimum Gasteiger partial charge on any atom is -0.315 e. The molecule has 19 heavy (non-hydrogen) atoms. The van der Waals surface area contributed by atoms with Crippen molar-refractivity contribution in [2.75, 3.05) is 39.8 Å². The summed E-state index contributed by atoms with van der Waals surface area (Å²) in [6.45, 7) is 10.9. The highest BCUT2D eigenvalue weighted by atomic mass is 15.3. The molecule has 2 aliphatic rings. The molecule has 2 rings (SSSR count). The topological polar surface area (TPSA) is 18.5 Å². The molecular formula is C16H33N3. The van der Waals surface area contributed by atoms with E-state index in [1.165, 1.54) is 64.8 Å². The van der Waals surface area contributed by atoms with Crippen molar-refractivity contribution in [1.29, 1.82) is 0 Å². The zero-order valence-corrected chi connectivity index (χ0v) is 13.2. The first kappa shape index (κ1) is 15.3. The smallest absolute Gasteiger partial charge is 0.0220 e. The Morgan fingerprint density at radius 2 is 1.63 bits per heavy atom. The predicted octanol–water partition coefficient (Wildman–Crippen LogP) is 2.18. The van der Waals surface area contributed by atoms with Crippen LogP contribution in [0.1, 0.15) is 46.0 Å². The molecule has 0 amide bonds. The van der Waals surface area contributed by atoms with Crippen LogP contribution in [0.15, 0.2) is 0 Å². The van der Waals surface area contributed by atoms with E-state index in [4.69, 9.17) is 0 Å². The van der Waals surface area contributed by atoms with Crippen molar-refractivity contribution in [2.45, 2.75) is 58.0 Å². The van der Waals surface area contributed by atoms with E-state index >= 15 is 0 Å². The first-order valence-corrected chi connectivity index (χ1v) is 8.34. The lowest BCUT2D eigenvalue weighted by Gasteiger charge is -2.40. The van der Waals surface area contributed by atoms with Gasteiger partial charge in [-0.05, 0) is 39.7 Å². The average molecular weight is 267 g/mol. The van der Waals surface area contributed by atoms with E-state index in [1.807, 2.05) is 0 Å². The molecule has 1 N–H and O–H groups in total. The highest BCUT2D eigenvalue weighted by Gasteiger charge is 2.26. The lowest BCUT2D eigenvalue weighted by molar-refractivity contribution is 0.0915. The fraction of sp³-hybridized carbons (Fsp3) is 1.00. The molecule has 1 saturated heterocycles. The Balaban J connectivity index is 1.76. The van der Waals surface area contributed by atoms with Gasteiger partial charge >= 0.3 is 0 Å². The zero-order chi connectivity index (χ0) is 13.7. The molecule has 112 valence electrons. The minimum absolute atomic E-state index is 0.709. The third kappa shape index (κ3) is 4.44. The molecule has 0 aromatic rings. The molecule has 0 aromatic carbocycles. The van der Waals surface area contributed by atoms with Crippen LogP contribution >= 0.6 is 0 Å². The van der Waals surface area contributed by atoms with Gasteiger partial charge in [0.05, 0.1) is 0 Å². The van der Waals surface area contributed by atoms with Gasteiger partial charge in [-0.3, -0.25) is 9.80 Å². The van der Waals surface area contributed by atoms with Crippen molar-refractivity contribution in [2.24, 2.45) is 5.92 Å². The minimum atomic E-state index is 0.709. The maximum absolute atomic E-state index is 3.60. The Hall–Kier alpha value is -0.120. The van der Waals surface area contributed by atoms with Crippen molar-refractivity contribution >= 4 is 0 Å². The molecule has 1 saturated carbocycles. The number of hydrogen-bond donors (Lipinski definition) is 1. The molecule has 0 spiro atoms. The third-order valence-electron chi connectivity index (χ3n) is 5.18. The van der Waals surface area contributed by atoms with Crippen molar-refractivity contribution < 1.29 is 0 Å². The zero-order valence-electron chi connectivity index (χ0n) is 13.2. The Labute approximate surface area is 119 Å². The second kappa shape index (κ2) is 7.61. The standard InChI is InChI=1S/C16H33N3/c1-14(2)19-11-9-18(10-12-19)13-16(17-3)15-7-5-4-6-8-15/h14-17H,4-13H2,1-3H3. The van der Waals surface area contributed by atoms with Crippen LogP contribution in [0.5, 0.6) is 0 Å². The summed E-state index contributed by atoms with van der Waals surface area (Å²) in [6, 6.07) is 1.42. The molecule has 0 aromatic heterocycles. The number of hydrogen-bond acceptors (Lipinski definition) is 3. The van der Waals surface area contributed by atoms with Crippen LogP contribution in [0, 0.1) is 5.92 Å². The van der Waals surface area contributed by atoms with E-state index in [0.29, 0.717) is 12.1 Å². The molecular weight excluding hydrogens is 234 g/mol. The van der Waals surface area contributed by atoms with Crippen LogP contribution < -0.4 is 5.32 Å². The van der Waals surface area contributed by atoms with E-state index in [0.717, 1.165) is 5.92 Å². The quantitative estimate of drug-likeness (QED) is 0.824. The van der Waals surface area contributed by atoms with Crippen LogP contribution in [-0.4, -0.2) is 61.7 Å². The molecule has 1 aliphatic heterocycles. The van der Waals surface area contributed by atoms with Crippen molar-refractivity contribution in [3.8, 4) is 0 Å². The second-order valence-corrected chi connectivity index (χ2v) is 6.72. The van der Waals surface area contributed by atoms with Gasteiger partial charge in [0.25, 0.3) is 0 Å². The van der Waals surface area contributed by atoms with E-state index in [1.54, 1.807) is 0 Å². The first-order valence-electron chi connectivity index (χ1n) is 8.34. The normalized spacial score (nSPS) is 25.9. The molecule has 1 unspecified atom stereocenters. The summed E-state index contributed by atoms with van der Waals surface area (Å²) in [5.74, 6) is 0.918. The highest BCUT2D eigenvalue weighted by Crippen LogP contribution is 2.27. The molecule has 0 radical (unpaired) electrons. The summed E-state index contributed by atoms with van der Waals surface area (Å²) < 4.78 is 0. The SMILES string of the molecule is CNC(CN1CCN(C(C)C)CC1)C1CCCCC1. The number of rotatable bonds is 5. The Morgan fingerprint density at radius 3 is 2.16 bits per heavy atom. The van der Waals surface area contributed by atoms with Crippen molar-refractivity contribution in [3.05, 3.63) is 0 Å². The van der Waals surface area contributed by atoms with E-state index in [2.05, 4.69) is 36.0 Å². The predicted molar refractivity (Wildman–Crippen MR) is 82.6 cm³/mol. The molecule has 3 nitrogen and oxygen atoms in total. The lowest BCUT2D eigenvalue weighted by Crippen LogP contribution is -2.53. The summed E-state index contributed by atoms with van der Waals surface area (Å²) in [5, 5.41) is 3.60. The molecule has 0 bridgehead atoms. The summed E-state index contributed by atoms with van der Waals surface area (Å²) in [5.41, 5.74) is 0. The summed E-state index contributed by atoms with van der Waals surface area (Å²) in [7, 11) is 2.16. The molecule has 1 aliphatic carbocycles. The van der Waals surface area contributed by atoms with Gasteiger partial charge in [-0.15, -0.1) is 0 Å². The van der Waals surface area contributed by atoms with E-state index in [9.17, 15) is 0 Å². The average Bonchev–Trinajstić information content (AvgIpc) is 2.46. The monoisotopic (exact) mass is 267 g/mol. The van der Waals surface area contributed by atoms with Gasteiger partial charge in [0.15, 0.2) is 0 Å². The fourth-order valence-corrected chi connectivity index (χ4v) is 3.75. The van der Waals surface area contributed by atoms with Gasteiger partial charge in [0, 0.05) is 44.8 Å². The fourth-order valence-electron chi connectivity index (χ4n) is 3.75. The van der Waals surface area contributed by atoms with Gasteiger partial charge < -0.3 is 5.32 Å². The summed E-state index contributed by atoms with van der Waals surface area (Å²) >= 11 is 0. The van der Waals surface area contributed by atoms with Crippen LogP contribution in [-0.2, 0) is 0 Å². The summed E-state index contributed by atoms with van der Waals surface area (Å²) in [6.07, 6.45) is 7.24. The second-order valence-electron chi connectivity index (χ2n) is 6.72. The van der Waals surface area contributed by atoms with Crippen LogP contribution in [0.2, 0.25) is 0 Å². The van der Waals surface area contributed by atoms with E-state index in [-0.39, 0.29) is 0 Å². The van der Waals surface area contributed by atoms with Crippen LogP contribution in [0.25, 0.3) is 0 Å². The van der Waals surface area contributed by atoms with E-state index < -0.39 is 0 Å². The summed E-state index contributed by atoms with van der Waals surface area (Å²) in [4.78, 5) is 5.28. The lowest BCUT2D eigenvalue weighted by atomic mass is 9.83. The maximum Gasteiger partial charge on any atom is 0.0220 e. The van der Waals surface area contributed by atoms with Gasteiger partial charge in [-0.1, -0.05) is 19.3 Å². The maximum atomic E-state index is 3.60. The van der Waals surface area contributed by atoms with Gasteiger partial charge in [0.1, 0.15) is 0 Å². The van der Waals surface area contributed by atoms with Gasteiger partial charge in [-0.2, -0.15) is 0 Å².